The van der Waals surface area contributed by atoms with Gasteiger partial charge in [-0.25, -0.2) is 4.68 Å². The Labute approximate surface area is 377 Å². The number of carbonyl (C=O) groups is 5. The lowest BCUT2D eigenvalue weighted by atomic mass is 9.81. The fraction of sp³-hybridized carbons (Fsp3) is 0.814. The Kier molecular flexibility index (Phi) is 29.4. The molecule has 2 aliphatic rings. The predicted molar refractivity (Wildman–Crippen MR) is 231 cm³/mol. The Morgan fingerprint density at radius 1 is 0.719 bits per heavy atom. The molecule has 64 heavy (non-hydrogen) atoms. The van der Waals surface area contributed by atoms with Crippen LogP contribution in [0.5, 0.6) is 0 Å². The van der Waals surface area contributed by atoms with Crippen LogP contribution in [0.1, 0.15) is 65.0 Å². The van der Waals surface area contributed by atoms with Crippen molar-refractivity contribution >= 4 is 35.1 Å². The van der Waals surface area contributed by atoms with E-state index in [2.05, 4.69) is 25.9 Å². The van der Waals surface area contributed by atoms with Gasteiger partial charge in [-0.15, -0.1) is 5.10 Å². The molecular weight excluding hydrogens is 839 g/mol. The molecule has 1 aliphatic heterocycles. The van der Waals surface area contributed by atoms with Crippen LogP contribution in [0.3, 0.4) is 0 Å². The second-order valence-corrected chi connectivity index (χ2v) is 15.5. The first-order valence-corrected chi connectivity index (χ1v) is 22.6. The maximum absolute atomic E-state index is 12.8. The molecule has 2 fully saturated rings. The molecule has 1 aromatic rings. The first kappa shape index (κ1) is 54.5. The molecule has 4 amide bonds. The van der Waals surface area contributed by atoms with Crippen molar-refractivity contribution in [1.82, 2.24) is 30.5 Å². The van der Waals surface area contributed by atoms with Crippen LogP contribution in [0.25, 0.3) is 0 Å². The fourth-order valence-electron chi connectivity index (χ4n) is 6.51. The van der Waals surface area contributed by atoms with Crippen molar-refractivity contribution < 1.29 is 66.6 Å². The van der Waals surface area contributed by atoms with Gasteiger partial charge in [-0.05, 0) is 44.9 Å². The van der Waals surface area contributed by atoms with E-state index in [0.29, 0.717) is 144 Å². The monoisotopic (exact) mass is 912 g/mol. The van der Waals surface area contributed by atoms with E-state index in [1.807, 2.05) is 13.8 Å². The molecule has 2 heterocycles. The van der Waals surface area contributed by atoms with Crippen molar-refractivity contribution in [1.29, 1.82) is 0 Å². The summed E-state index contributed by atoms with van der Waals surface area (Å²) >= 11 is 0. The highest BCUT2D eigenvalue weighted by atomic mass is 16.6. The van der Waals surface area contributed by atoms with E-state index in [0.717, 1.165) is 37.8 Å². The van der Waals surface area contributed by atoms with Crippen molar-refractivity contribution in [2.45, 2.75) is 72.4 Å². The Morgan fingerprint density at radius 2 is 1.25 bits per heavy atom. The van der Waals surface area contributed by atoms with Crippen LogP contribution >= 0.6 is 0 Å². The van der Waals surface area contributed by atoms with E-state index in [4.69, 9.17) is 42.6 Å². The first-order valence-electron chi connectivity index (χ1n) is 22.6. The standard InChI is InChI=1S/C43H73N7O14/c1-4-35(3)45-29-39(51)32-64-33-40(52)44-9-11-56-13-15-58-17-19-60-21-23-62-25-26-63-24-22-61-20-18-59-16-14-57-12-10-49-31-38(47-48-49)28-46-42(54)37-7-5-36(6-8-37)30-50-41(53)27-34(2)43(50)55/h31,34,36-37H,4-30,32-33H2,1-3H3,(H,44,52)(H,46,54). The minimum atomic E-state index is -0.313. The summed E-state index contributed by atoms with van der Waals surface area (Å²) in [5.41, 5.74) is 1.57. The third kappa shape index (κ3) is 25.0. The van der Waals surface area contributed by atoms with Gasteiger partial charge in [0.2, 0.25) is 23.6 Å². The van der Waals surface area contributed by atoms with Crippen LogP contribution in [0.4, 0.5) is 0 Å². The summed E-state index contributed by atoms with van der Waals surface area (Å²) in [6.45, 7) is 13.9. The Hall–Kier alpha value is -3.80. The predicted octanol–water partition coefficient (Wildman–Crippen LogP) is 0.801. The van der Waals surface area contributed by atoms with Crippen LogP contribution in [0.2, 0.25) is 0 Å². The minimum absolute atomic E-state index is 0.00286. The number of ketones is 1. The molecule has 1 saturated carbocycles. The molecule has 0 spiro atoms. The summed E-state index contributed by atoms with van der Waals surface area (Å²) in [5.74, 6) is -0.692. The average molecular weight is 912 g/mol. The topological polar surface area (TPSA) is 239 Å². The van der Waals surface area contributed by atoms with Crippen molar-refractivity contribution in [3.63, 3.8) is 0 Å². The Morgan fingerprint density at radius 3 is 1.77 bits per heavy atom. The van der Waals surface area contributed by atoms with Gasteiger partial charge in [0, 0.05) is 37.1 Å². The molecule has 0 aromatic carbocycles. The van der Waals surface area contributed by atoms with Gasteiger partial charge in [-0.1, -0.05) is 19.1 Å². The number of carbonyl (C=O) groups excluding carboxylic acids is 5. The number of nitrogens with zero attached hydrogens (tertiary/aromatic N) is 5. The van der Waals surface area contributed by atoms with Gasteiger partial charge in [0.05, 0.1) is 132 Å². The smallest absolute Gasteiger partial charge is 0.246 e. The van der Waals surface area contributed by atoms with Crippen molar-refractivity contribution in [3.05, 3.63) is 11.9 Å². The summed E-state index contributed by atoms with van der Waals surface area (Å²) in [6, 6.07) is 0. The second kappa shape index (κ2) is 34.5. The van der Waals surface area contributed by atoms with Crippen LogP contribution in [-0.4, -0.2) is 194 Å². The van der Waals surface area contributed by atoms with Crippen molar-refractivity contribution in [3.8, 4) is 0 Å². The van der Waals surface area contributed by atoms with Crippen LogP contribution in [0, 0.1) is 17.8 Å². The Balaban J connectivity index is 0.977. The van der Waals surface area contributed by atoms with Gasteiger partial charge in [0.1, 0.15) is 18.9 Å². The zero-order valence-electron chi connectivity index (χ0n) is 38.3. The highest BCUT2D eigenvalue weighted by Crippen LogP contribution is 2.31. The lowest BCUT2D eigenvalue weighted by molar-refractivity contribution is -0.140. The van der Waals surface area contributed by atoms with Crippen LogP contribution in [-0.2, 0) is 79.7 Å². The molecule has 2 N–H and O–H groups in total. The number of imide groups is 1. The average Bonchev–Trinajstić information content (AvgIpc) is 3.85. The number of aliphatic imine (C=N–C) groups is 1. The molecule has 1 saturated heterocycles. The van der Waals surface area contributed by atoms with E-state index in [1.54, 1.807) is 17.8 Å². The number of aromatic nitrogens is 3. The molecule has 0 radical (unpaired) electrons. The number of hydrogen-bond acceptors (Lipinski definition) is 17. The van der Waals surface area contributed by atoms with Crippen LogP contribution in [0.15, 0.2) is 11.2 Å². The summed E-state index contributed by atoms with van der Waals surface area (Å²) < 4.78 is 50.9. The number of ether oxygens (including phenoxy) is 9. The zero-order valence-corrected chi connectivity index (χ0v) is 38.3. The fourth-order valence-corrected chi connectivity index (χ4v) is 6.51. The molecule has 21 nitrogen and oxygen atoms in total. The molecule has 1 aromatic heterocycles. The lowest BCUT2D eigenvalue weighted by Gasteiger charge is -2.30. The number of likely N-dealkylation sites (tertiary alicyclic amines) is 1. The molecule has 1 unspecified atom stereocenters. The van der Waals surface area contributed by atoms with Gasteiger partial charge >= 0.3 is 0 Å². The van der Waals surface area contributed by atoms with E-state index in [1.165, 1.54) is 4.90 Å². The van der Waals surface area contributed by atoms with Gasteiger partial charge in [0.25, 0.3) is 0 Å². The molecule has 1 aliphatic carbocycles. The highest BCUT2D eigenvalue weighted by Gasteiger charge is 2.37. The first-order chi connectivity index (χ1) is 31.2. The SMILES string of the molecule is CCC(C)=NCC(=O)COCC(=O)NCCOCCOCCOCCOCCOCCOCCOCCOCCn1cc(CNC(=O)C2CCC(CN3C(=O)CC(C)C3=O)CC2)nn1. The quantitative estimate of drug-likeness (QED) is 0.0528. The summed E-state index contributed by atoms with van der Waals surface area (Å²) in [6.07, 6.45) is 6.01. The van der Waals surface area contributed by atoms with E-state index >= 15 is 0 Å². The molecular formula is C43H73N7O14. The van der Waals surface area contributed by atoms with Crippen molar-refractivity contribution in [2.24, 2.45) is 22.7 Å². The summed E-state index contributed by atoms with van der Waals surface area (Å²) in [4.78, 5) is 66.1. The van der Waals surface area contributed by atoms with Gasteiger partial charge in [-0.2, -0.15) is 0 Å². The normalized spacial score (nSPS) is 18.0. The maximum atomic E-state index is 12.8. The Bertz CT molecular complexity index is 1510. The molecule has 364 valence electrons. The number of amides is 4. The van der Waals surface area contributed by atoms with E-state index < -0.39 is 0 Å². The molecule has 0 bridgehead atoms. The highest BCUT2D eigenvalue weighted by molar-refractivity contribution is 6.03. The third-order valence-corrected chi connectivity index (χ3v) is 10.3. The number of Topliss-reactive ketones (excluding diaryl/α,β-unsaturated/α-hetero) is 1. The summed E-state index contributed by atoms with van der Waals surface area (Å²) in [7, 11) is 0. The number of rotatable bonds is 39. The maximum Gasteiger partial charge on any atom is 0.246 e. The van der Waals surface area contributed by atoms with Crippen LogP contribution < -0.4 is 10.6 Å². The largest absolute Gasteiger partial charge is 0.377 e. The van der Waals surface area contributed by atoms with Gasteiger partial charge in [0.15, 0.2) is 5.78 Å². The van der Waals surface area contributed by atoms with Gasteiger partial charge in [-0.3, -0.25) is 33.9 Å². The van der Waals surface area contributed by atoms with E-state index in [-0.39, 0.29) is 66.9 Å². The van der Waals surface area contributed by atoms with Crippen molar-refractivity contribution in [2.75, 3.05) is 139 Å². The molecule has 1 atom stereocenters. The minimum Gasteiger partial charge on any atom is -0.377 e. The summed E-state index contributed by atoms with van der Waals surface area (Å²) in [5, 5.41) is 13.9. The van der Waals surface area contributed by atoms with E-state index in [9.17, 15) is 24.0 Å². The number of hydrogen-bond donors (Lipinski definition) is 2. The van der Waals surface area contributed by atoms with Gasteiger partial charge < -0.3 is 53.3 Å². The second-order valence-electron chi connectivity index (χ2n) is 15.5. The molecule has 3 rings (SSSR count). The lowest BCUT2D eigenvalue weighted by Crippen LogP contribution is -2.38. The number of nitrogens with one attached hydrogen (secondary N) is 2. The molecule has 21 heteroatoms. The zero-order chi connectivity index (χ0) is 46.0. The third-order valence-electron chi connectivity index (χ3n) is 10.3.